The minimum Gasteiger partial charge on any atom is -0.496 e. The number of Topliss-reactive ketones (excluding diaryl/α,β-unsaturated/α-hetero) is 3. The first-order valence-corrected chi connectivity index (χ1v) is 27.6. The van der Waals surface area contributed by atoms with Gasteiger partial charge in [0.05, 0.1) is 32.0 Å². The summed E-state index contributed by atoms with van der Waals surface area (Å²) >= 11 is 0. The average Bonchev–Trinajstić information content (AvgIpc) is 3.40. The Bertz CT molecular complexity index is 2240. The Balaban J connectivity index is 1.54. The number of rotatable bonds is 11. The molecule has 3 fully saturated rings. The van der Waals surface area contributed by atoms with Gasteiger partial charge < -0.3 is 53.4 Å². The summed E-state index contributed by atoms with van der Waals surface area (Å²) in [4.78, 5) is 73.2. The number of fused-ring (bicyclic) bond motifs is 3. The third kappa shape index (κ3) is 16.3. The molecule has 3 N–H and O–H groups in total. The predicted octanol–water partition coefficient (Wildman–Crippen LogP) is 7.98. The number of aliphatic hydroxyl groups excluding tert-OH is 2. The van der Waals surface area contributed by atoms with Gasteiger partial charge in [-0.05, 0) is 114 Å². The van der Waals surface area contributed by atoms with Crippen LogP contribution in [0.1, 0.15) is 137 Å². The first-order valence-electron chi connectivity index (χ1n) is 27.6. The number of amides is 1. The summed E-state index contributed by atoms with van der Waals surface area (Å²) in [6.07, 6.45) is 11.3. The second-order valence-corrected chi connectivity index (χ2v) is 22.2. The number of hydrogen-bond donors (Lipinski definition) is 3. The topological polar surface area (TPSA) is 214 Å². The Morgan fingerprint density at radius 2 is 1.59 bits per heavy atom. The van der Waals surface area contributed by atoms with Crippen molar-refractivity contribution in [2.75, 3.05) is 48.2 Å². The van der Waals surface area contributed by atoms with E-state index in [1.54, 1.807) is 54.2 Å². The van der Waals surface area contributed by atoms with E-state index in [0.717, 1.165) is 11.1 Å². The van der Waals surface area contributed by atoms with Crippen LogP contribution in [0, 0.1) is 35.5 Å². The van der Waals surface area contributed by atoms with Gasteiger partial charge in [0, 0.05) is 69.6 Å². The highest BCUT2D eigenvalue weighted by atomic mass is 16.6. The van der Waals surface area contributed by atoms with Gasteiger partial charge in [-0.2, -0.15) is 0 Å². The molecule has 424 valence electrons. The molecule has 1 aromatic rings. The SMILES string of the molecule is COCCOc1ccc([C@H]2C[C@@H]3CC[C@@H](C)[C@@](O)(O3)C(=O)C(=O)N3CCCC[C@H]3C(=O)O[C@H]([C@H](C)C[C@@H]3CC[C@@H](O)[C@H](OC)C3)CC(=O)[C@H](C)/C=C(\C)[C@@H](O)[C@@H](OC)C(=O)[C@H](C)C[C@H](C)/C=C/C=CC=C2C)c(OC)c1. The van der Waals surface area contributed by atoms with Gasteiger partial charge in [-0.1, -0.05) is 82.7 Å². The van der Waals surface area contributed by atoms with Crippen molar-refractivity contribution in [1.29, 1.82) is 0 Å². The van der Waals surface area contributed by atoms with E-state index in [0.29, 0.717) is 94.5 Å². The van der Waals surface area contributed by atoms with Gasteiger partial charge in [0.15, 0.2) is 5.78 Å². The molecule has 15 atom stereocenters. The fourth-order valence-electron chi connectivity index (χ4n) is 11.6. The molecule has 2 saturated heterocycles. The molecule has 0 radical (unpaired) electrons. The molecule has 1 saturated carbocycles. The summed E-state index contributed by atoms with van der Waals surface area (Å²) in [6.45, 7) is 13.5. The highest BCUT2D eigenvalue weighted by molar-refractivity contribution is 6.39. The van der Waals surface area contributed by atoms with E-state index in [4.69, 9.17) is 33.2 Å². The molecule has 16 nitrogen and oxygen atoms in total. The van der Waals surface area contributed by atoms with Crippen molar-refractivity contribution in [3.63, 3.8) is 0 Å². The molecule has 0 unspecified atom stereocenters. The lowest BCUT2D eigenvalue weighted by atomic mass is 9.78. The number of piperidine rings is 1. The molecular weight excluding hydrogens is 975 g/mol. The summed E-state index contributed by atoms with van der Waals surface area (Å²) in [5.41, 5.74) is 2.11. The molecule has 76 heavy (non-hydrogen) atoms. The van der Waals surface area contributed by atoms with Crippen molar-refractivity contribution in [3.8, 4) is 11.5 Å². The van der Waals surface area contributed by atoms with Crippen LogP contribution in [-0.4, -0.2) is 146 Å². The van der Waals surface area contributed by atoms with Gasteiger partial charge >= 0.3 is 5.97 Å². The Morgan fingerprint density at radius 3 is 2.29 bits per heavy atom. The number of carbonyl (C=O) groups is 5. The first kappa shape index (κ1) is 62.3. The van der Waals surface area contributed by atoms with Crippen LogP contribution in [0.3, 0.4) is 0 Å². The zero-order valence-electron chi connectivity index (χ0n) is 47.1. The zero-order chi connectivity index (χ0) is 55.9. The quantitative estimate of drug-likeness (QED) is 0.0829. The lowest BCUT2D eigenvalue weighted by molar-refractivity contribution is -0.264. The Labute approximate surface area is 451 Å². The van der Waals surface area contributed by atoms with E-state index in [1.807, 2.05) is 70.2 Å². The number of cyclic esters (lactones) is 1. The third-order valence-corrected chi connectivity index (χ3v) is 16.4. The van der Waals surface area contributed by atoms with Gasteiger partial charge in [0.25, 0.3) is 11.7 Å². The van der Waals surface area contributed by atoms with E-state index in [9.17, 15) is 39.3 Å². The standard InChI is InChI=1S/C60H89NO15/c1-36-17-13-12-14-18-37(2)47(46-24-23-44(34-52(46)71-9)74-28-27-70-8)33-45-22-20-42(7)60(69,76-45)57(66)58(67)61-26-16-15-19-48(61)59(68)75-51(39(4)31-43-21-25-49(62)53(32-43)72-10)35-50(63)38(3)30-41(6)55(65)56(73-11)54(64)40(5)29-36/h12-14,17-18,23-24,30,34,36,38-40,42-43,45,47-49,51,53,55-56,62,65,69H,15-16,19-22,25-29,31-33,35H2,1-11H3/b14-12?,17-13+,37-18?,41-30+/t36-,38-,39-,40-,42-,43+,45+,47+,48+,49-,51+,53-,55-,56+,60-/m1/s1. The second-order valence-electron chi connectivity index (χ2n) is 22.2. The number of aliphatic hydroxyl groups is 3. The van der Waals surface area contributed by atoms with Gasteiger partial charge in [0.2, 0.25) is 5.79 Å². The van der Waals surface area contributed by atoms with Crippen molar-refractivity contribution >= 4 is 29.2 Å². The molecular formula is C60H89NO15. The normalized spacial score (nSPS) is 35.1. The maximum atomic E-state index is 14.6. The maximum absolute atomic E-state index is 14.6. The lowest BCUT2D eigenvalue weighted by Gasteiger charge is -2.43. The number of ether oxygens (including phenoxy) is 7. The number of carbonyl (C=O) groups excluding carboxylic acids is 5. The van der Waals surface area contributed by atoms with Crippen LogP contribution in [0.25, 0.3) is 0 Å². The van der Waals surface area contributed by atoms with E-state index in [-0.39, 0.29) is 60.7 Å². The van der Waals surface area contributed by atoms with Crippen molar-refractivity contribution in [3.05, 3.63) is 71.4 Å². The predicted molar refractivity (Wildman–Crippen MR) is 287 cm³/mol. The van der Waals surface area contributed by atoms with E-state index < -0.39 is 77.8 Å². The van der Waals surface area contributed by atoms with Gasteiger partial charge in [-0.15, -0.1) is 0 Å². The van der Waals surface area contributed by atoms with Crippen LogP contribution < -0.4 is 9.47 Å². The van der Waals surface area contributed by atoms with Crippen LogP contribution in [0.5, 0.6) is 11.5 Å². The summed E-state index contributed by atoms with van der Waals surface area (Å²) in [5, 5.41) is 34.5. The number of nitrogens with zero attached hydrogens (tertiary/aromatic N) is 1. The van der Waals surface area contributed by atoms with Gasteiger partial charge in [-0.25, -0.2) is 4.79 Å². The third-order valence-electron chi connectivity index (χ3n) is 16.4. The average molecular weight is 1060 g/mol. The molecule has 0 spiro atoms. The number of methoxy groups -OCH3 is 4. The summed E-state index contributed by atoms with van der Waals surface area (Å²) in [5.74, 6) is -7.51. The van der Waals surface area contributed by atoms with Crippen LogP contribution in [0.4, 0.5) is 0 Å². The molecule has 3 heterocycles. The van der Waals surface area contributed by atoms with Crippen molar-refractivity contribution in [1.82, 2.24) is 4.90 Å². The maximum Gasteiger partial charge on any atom is 0.329 e. The lowest BCUT2D eigenvalue weighted by Crippen LogP contribution is -2.60. The van der Waals surface area contributed by atoms with Crippen molar-refractivity contribution in [2.45, 2.75) is 180 Å². The van der Waals surface area contributed by atoms with Crippen molar-refractivity contribution < 1.29 is 72.5 Å². The van der Waals surface area contributed by atoms with E-state index in [1.165, 1.54) is 12.0 Å². The Kier molecular flexibility index (Phi) is 24.1. The molecule has 1 aromatic carbocycles. The fraction of sp³-hybridized carbons (Fsp3) is 0.683. The van der Waals surface area contributed by atoms with Crippen LogP contribution in [0.2, 0.25) is 0 Å². The van der Waals surface area contributed by atoms with Gasteiger partial charge in [0.1, 0.15) is 48.2 Å². The molecule has 16 heteroatoms. The molecule has 1 aliphatic carbocycles. The summed E-state index contributed by atoms with van der Waals surface area (Å²) < 4.78 is 41.0. The summed E-state index contributed by atoms with van der Waals surface area (Å²) in [7, 11) is 6.12. The second kappa shape index (κ2) is 29.4. The number of esters is 1. The Hall–Kier alpha value is -4.55. The molecule has 1 amide bonds. The highest BCUT2D eigenvalue weighted by Gasteiger charge is 2.53. The van der Waals surface area contributed by atoms with Crippen LogP contribution in [0.15, 0.2) is 65.8 Å². The monoisotopic (exact) mass is 1060 g/mol. The highest BCUT2D eigenvalue weighted by Crippen LogP contribution is 2.43. The fourth-order valence-corrected chi connectivity index (χ4v) is 11.6. The minimum absolute atomic E-state index is 0.0224. The largest absolute Gasteiger partial charge is 0.496 e. The van der Waals surface area contributed by atoms with Crippen molar-refractivity contribution in [2.24, 2.45) is 35.5 Å². The number of benzene rings is 1. The van der Waals surface area contributed by atoms with Gasteiger partial charge in [-0.3, -0.25) is 19.2 Å². The van der Waals surface area contributed by atoms with Crippen LogP contribution in [-0.2, 0) is 47.7 Å². The first-order chi connectivity index (χ1) is 36.2. The molecule has 3 aliphatic heterocycles. The summed E-state index contributed by atoms with van der Waals surface area (Å²) in [6, 6.07) is 4.41. The zero-order valence-corrected chi connectivity index (χ0v) is 47.1. The molecule has 5 rings (SSSR count). The number of hydrogen-bond acceptors (Lipinski definition) is 15. The van der Waals surface area contributed by atoms with E-state index >= 15 is 0 Å². The number of allylic oxidation sites excluding steroid dienone is 7. The smallest absolute Gasteiger partial charge is 0.329 e. The van der Waals surface area contributed by atoms with Crippen LogP contribution >= 0.6 is 0 Å². The minimum atomic E-state index is -2.50. The van der Waals surface area contributed by atoms with E-state index in [2.05, 4.69) is 0 Å². The Morgan fingerprint density at radius 1 is 0.842 bits per heavy atom. The molecule has 0 aromatic heterocycles. The number of ketones is 3. The molecule has 2 bridgehead atoms. The molecule has 4 aliphatic rings.